The normalized spacial score (nSPS) is 14.6. The van der Waals surface area contributed by atoms with E-state index in [9.17, 15) is 13.2 Å². The highest BCUT2D eigenvalue weighted by Crippen LogP contribution is 2.39. The standard InChI is InChI=1S/C14H10Cl3N3O3S/c15-8-4-5-11(13-7(8)6-24(22,23)20-13)19-14(21)18-10-3-1-2-9(16)12(10)17/h1-5,20H,6H2,(H2,18,19,21). The van der Waals surface area contributed by atoms with Gasteiger partial charge in [0, 0.05) is 10.6 Å². The zero-order chi connectivity index (χ0) is 17.5. The molecular weight excluding hydrogens is 397 g/mol. The highest BCUT2D eigenvalue weighted by atomic mass is 35.5. The van der Waals surface area contributed by atoms with Crippen molar-refractivity contribution >= 4 is 67.9 Å². The molecule has 0 radical (unpaired) electrons. The first kappa shape index (κ1) is 17.2. The van der Waals surface area contributed by atoms with Gasteiger partial charge in [0.1, 0.15) is 0 Å². The van der Waals surface area contributed by atoms with Gasteiger partial charge in [-0.1, -0.05) is 40.9 Å². The summed E-state index contributed by atoms with van der Waals surface area (Å²) in [4.78, 5) is 12.2. The molecule has 3 rings (SSSR count). The van der Waals surface area contributed by atoms with E-state index in [-0.39, 0.29) is 22.2 Å². The number of fused-ring (bicyclic) bond motifs is 1. The molecule has 0 aromatic heterocycles. The number of nitrogens with one attached hydrogen (secondary N) is 3. The van der Waals surface area contributed by atoms with E-state index >= 15 is 0 Å². The molecule has 24 heavy (non-hydrogen) atoms. The third-order valence-electron chi connectivity index (χ3n) is 3.30. The molecule has 2 aromatic rings. The number of carbonyl (C=O) groups is 1. The first-order chi connectivity index (χ1) is 11.3. The van der Waals surface area contributed by atoms with Crippen molar-refractivity contribution in [3.8, 4) is 0 Å². The number of benzene rings is 2. The largest absolute Gasteiger partial charge is 0.323 e. The Balaban J connectivity index is 1.84. The maximum absolute atomic E-state index is 12.2. The monoisotopic (exact) mass is 405 g/mol. The van der Waals surface area contributed by atoms with Crippen molar-refractivity contribution in [2.45, 2.75) is 5.75 Å². The molecule has 0 aliphatic carbocycles. The molecule has 2 aromatic carbocycles. The van der Waals surface area contributed by atoms with Crippen LogP contribution < -0.4 is 15.4 Å². The van der Waals surface area contributed by atoms with Crippen LogP contribution in [0, 0.1) is 0 Å². The number of halogens is 3. The van der Waals surface area contributed by atoms with E-state index in [0.29, 0.717) is 21.3 Å². The topological polar surface area (TPSA) is 87.3 Å². The van der Waals surface area contributed by atoms with Crippen molar-refractivity contribution in [3.05, 3.63) is 51.0 Å². The molecule has 0 bridgehead atoms. The summed E-state index contributed by atoms with van der Waals surface area (Å²) >= 11 is 17.9. The van der Waals surface area contributed by atoms with Crippen LogP contribution in [0.25, 0.3) is 0 Å². The number of amides is 2. The van der Waals surface area contributed by atoms with Gasteiger partial charge in [-0.2, -0.15) is 0 Å². The molecule has 0 atom stereocenters. The van der Waals surface area contributed by atoms with Gasteiger partial charge in [-0.15, -0.1) is 0 Å². The van der Waals surface area contributed by atoms with Crippen LogP contribution in [0.5, 0.6) is 0 Å². The smallest absolute Gasteiger partial charge is 0.306 e. The minimum atomic E-state index is -3.50. The fourth-order valence-corrected chi connectivity index (χ4v) is 4.19. The summed E-state index contributed by atoms with van der Waals surface area (Å²) in [6.45, 7) is 0. The van der Waals surface area contributed by atoms with Gasteiger partial charge >= 0.3 is 6.03 Å². The van der Waals surface area contributed by atoms with Gasteiger partial charge in [0.25, 0.3) is 0 Å². The predicted molar refractivity (Wildman–Crippen MR) is 96.8 cm³/mol. The number of sulfonamides is 1. The van der Waals surface area contributed by atoms with Crippen LogP contribution in [0.4, 0.5) is 21.9 Å². The summed E-state index contributed by atoms with van der Waals surface area (Å²) in [6, 6.07) is 7.24. The molecule has 1 heterocycles. The Kier molecular flexibility index (Phi) is 4.52. The second-order valence-electron chi connectivity index (χ2n) is 4.99. The molecule has 3 N–H and O–H groups in total. The molecule has 126 valence electrons. The van der Waals surface area contributed by atoms with Crippen molar-refractivity contribution in [2.75, 3.05) is 15.4 Å². The van der Waals surface area contributed by atoms with Crippen molar-refractivity contribution in [2.24, 2.45) is 0 Å². The molecule has 0 spiro atoms. The highest BCUT2D eigenvalue weighted by molar-refractivity contribution is 7.92. The van der Waals surface area contributed by atoms with Crippen molar-refractivity contribution in [1.29, 1.82) is 0 Å². The molecule has 6 nitrogen and oxygen atoms in total. The molecule has 0 saturated carbocycles. The summed E-state index contributed by atoms with van der Waals surface area (Å²) in [6.07, 6.45) is 0. The van der Waals surface area contributed by atoms with E-state index in [2.05, 4.69) is 15.4 Å². The summed E-state index contributed by atoms with van der Waals surface area (Å²) in [7, 11) is -3.50. The van der Waals surface area contributed by atoms with E-state index < -0.39 is 16.1 Å². The second kappa shape index (κ2) is 6.33. The first-order valence-corrected chi connectivity index (χ1v) is 9.39. The summed E-state index contributed by atoms with van der Waals surface area (Å²) in [5.74, 6) is -0.238. The van der Waals surface area contributed by atoms with E-state index in [1.807, 2.05) is 0 Å². The minimum absolute atomic E-state index is 0.205. The number of hydrogen-bond acceptors (Lipinski definition) is 3. The average Bonchev–Trinajstić information content (AvgIpc) is 2.83. The van der Waals surface area contributed by atoms with Crippen LogP contribution in [0.3, 0.4) is 0 Å². The third-order valence-corrected chi connectivity index (χ3v) is 5.65. The van der Waals surface area contributed by atoms with Gasteiger partial charge in [-0.3, -0.25) is 4.72 Å². The van der Waals surface area contributed by atoms with Crippen LogP contribution in [-0.4, -0.2) is 14.4 Å². The Morgan fingerprint density at radius 2 is 1.71 bits per heavy atom. The quantitative estimate of drug-likeness (QED) is 0.684. The molecule has 1 aliphatic rings. The fourth-order valence-electron chi connectivity index (χ4n) is 2.24. The predicted octanol–water partition coefficient (Wildman–Crippen LogP) is 4.55. The van der Waals surface area contributed by atoms with Crippen LogP contribution in [0.15, 0.2) is 30.3 Å². The van der Waals surface area contributed by atoms with Gasteiger partial charge in [0.05, 0.1) is 32.9 Å². The van der Waals surface area contributed by atoms with Gasteiger partial charge < -0.3 is 10.6 Å². The minimum Gasteiger partial charge on any atom is -0.306 e. The molecule has 0 unspecified atom stereocenters. The molecular formula is C14H10Cl3N3O3S. The Labute approximate surface area is 153 Å². The molecule has 0 saturated heterocycles. The van der Waals surface area contributed by atoms with Crippen LogP contribution in [0.1, 0.15) is 5.56 Å². The van der Waals surface area contributed by atoms with Gasteiger partial charge in [-0.05, 0) is 24.3 Å². The number of anilines is 3. The summed E-state index contributed by atoms with van der Waals surface area (Å²) < 4.78 is 25.8. The molecule has 10 heteroatoms. The lowest BCUT2D eigenvalue weighted by Gasteiger charge is -2.12. The van der Waals surface area contributed by atoms with Crippen molar-refractivity contribution in [1.82, 2.24) is 0 Å². The number of carbonyl (C=O) groups excluding carboxylic acids is 1. The maximum atomic E-state index is 12.2. The highest BCUT2D eigenvalue weighted by Gasteiger charge is 2.28. The van der Waals surface area contributed by atoms with Crippen LogP contribution >= 0.6 is 34.8 Å². The zero-order valence-electron chi connectivity index (χ0n) is 11.9. The summed E-state index contributed by atoms with van der Waals surface area (Å²) in [5, 5.41) is 5.93. The third kappa shape index (κ3) is 3.39. The molecule has 0 fully saturated rings. The van der Waals surface area contributed by atoms with E-state index in [1.165, 1.54) is 12.1 Å². The first-order valence-electron chi connectivity index (χ1n) is 6.61. The Morgan fingerprint density at radius 1 is 1.00 bits per heavy atom. The second-order valence-corrected chi connectivity index (χ2v) is 7.90. The van der Waals surface area contributed by atoms with Crippen molar-refractivity contribution < 1.29 is 13.2 Å². The van der Waals surface area contributed by atoms with E-state index in [1.54, 1.807) is 18.2 Å². The lowest BCUT2D eigenvalue weighted by molar-refractivity contribution is 0.262. The molecule has 2 amide bonds. The average molecular weight is 407 g/mol. The number of urea groups is 1. The lowest BCUT2D eigenvalue weighted by atomic mass is 10.1. The zero-order valence-corrected chi connectivity index (χ0v) is 14.9. The van der Waals surface area contributed by atoms with Gasteiger partial charge in [-0.25, -0.2) is 13.2 Å². The number of rotatable bonds is 2. The summed E-state index contributed by atoms with van der Waals surface area (Å²) in [5.41, 5.74) is 1.28. The number of hydrogen-bond donors (Lipinski definition) is 3. The fraction of sp³-hybridized carbons (Fsp3) is 0.0714. The molecule has 1 aliphatic heterocycles. The Hall–Kier alpha value is -1.67. The van der Waals surface area contributed by atoms with Gasteiger partial charge in [0.2, 0.25) is 10.0 Å². The van der Waals surface area contributed by atoms with Crippen molar-refractivity contribution in [3.63, 3.8) is 0 Å². The Bertz CT molecular complexity index is 948. The van der Waals surface area contributed by atoms with Crippen LogP contribution in [-0.2, 0) is 15.8 Å². The SMILES string of the molecule is O=C(Nc1cccc(Cl)c1Cl)Nc1ccc(Cl)c2c1NS(=O)(=O)C2. The lowest BCUT2D eigenvalue weighted by Crippen LogP contribution is -2.20. The van der Waals surface area contributed by atoms with E-state index in [0.717, 1.165) is 0 Å². The van der Waals surface area contributed by atoms with E-state index in [4.69, 9.17) is 34.8 Å². The van der Waals surface area contributed by atoms with Gasteiger partial charge in [0.15, 0.2) is 0 Å². The van der Waals surface area contributed by atoms with Crippen LogP contribution in [0.2, 0.25) is 15.1 Å². The Morgan fingerprint density at radius 3 is 2.46 bits per heavy atom. The maximum Gasteiger partial charge on any atom is 0.323 e.